The number of H-pyrrole nitrogens is 1. The van der Waals surface area contributed by atoms with Gasteiger partial charge in [0.25, 0.3) is 5.23 Å². The molecule has 8 nitrogen and oxygen atoms in total. The van der Waals surface area contributed by atoms with Crippen molar-refractivity contribution in [2.75, 3.05) is 20.0 Å². The van der Waals surface area contributed by atoms with E-state index in [-0.39, 0.29) is 17.5 Å². The summed E-state index contributed by atoms with van der Waals surface area (Å²) in [5.74, 6) is -0.989. The molecule has 0 saturated heterocycles. The molecule has 1 aromatic carbocycles. The Morgan fingerprint density at radius 2 is 2.14 bits per heavy atom. The number of aryl methyl sites for hydroxylation is 1. The van der Waals surface area contributed by atoms with Crippen LogP contribution in [0.25, 0.3) is 0 Å². The van der Waals surface area contributed by atoms with Crippen LogP contribution in [0.15, 0.2) is 27.7 Å². The zero-order valence-corrected chi connectivity index (χ0v) is 23.4. The van der Waals surface area contributed by atoms with Crippen molar-refractivity contribution >= 4 is 47.1 Å². The summed E-state index contributed by atoms with van der Waals surface area (Å²) in [7, 11) is -1.25. The summed E-state index contributed by atoms with van der Waals surface area (Å²) < 4.78 is 40.7. The molecule has 1 aromatic heterocycles. The van der Waals surface area contributed by atoms with Crippen molar-refractivity contribution in [2.24, 2.45) is 10.9 Å². The minimum atomic E-state index is -1.58. The molecular weight excluding hydrogens is 560 g/mol. The number of aromatic nitrogens is 3. The number of alkyl halides is 1. The van der Waals surface area contributed by atoms with Crippen molar-refractivity contribution in [1.29, 1.82) is 0 Å². The van der Waals surface area contributed by atoms with Crippen LogP contribution in [0.4, 0.5) is 13.6 Å². The summed E-state index contributed by atoms with van der Waals surface area (Å²) >= 11 is 4.53. The molecule has 0 radical (unpaired) electrons. The Balaban J connectivity index is 1.59. The quantitative estimate of drug-likeness (QED) is 0.249. The Hall–Kier alpha value is -1.83. The average Bonchev–Trinajstić information content (AvgIpc) is 3.37. The number of aromatic amines is 1. The second kappa shape index (κ2) is 9.90. The lowest BCUT2D eigenvalue weighted by atomic mass is 9.84. The molecule has 2 heterocycles. The first-order valence-electron chi connectivity index (χ1n) is 11.2. The number of fused-ring (bicyclic) bond motifs is 1. The van der Waals surface area contributed by atoms with Gasteiger partial charge in [0.05, 0.1) is 10.4 Å². The highest BCUT2D eigenvalue weighted by Crippen LogP contribution is 2.71. The van der Waals surface area contributed by atoms with Gasteiger partial charge in [0.15, 0.2) is 0 Å². The molecule has 3 atom stereocenters. The Morgan fingerprint density at radius 3 is 2.80 bits per heavy atom. The Kier molecular flexibility index (Phi) is 7.42. The van der Waals surface area contributed by atoms with Crippen LogP contribution in [0.5, 0.6) is 0 Å². The fourth-order valence-corrected chi connectivity index (χ4v) is 6.95. The SMILES string of the molecule is Cc1n[nH]nc1[C@]12C[C@H]1[C@@](CF)(c1cc(Br)ccc1F)N=C(OC(=O)NCOCC[Si](C)(C)C)S2. The first-order chi connectivity index (χ1) is 16.5. The number of thioether (sulfide) groups is 1. The number of carbonyl (C=O) groups is 1. The summed E-state index contributed by atoms with van der Waals surface area (Å²) in [4.78, 5) is 17.0. The van der Waals surface area contributed by atoms with Gasteiger partial charge in [0.1, 0.15) is 30.5 Å². The number of aliphatic imine (C=N–C) groups is 1. The van der Waals surface area contributed by atoms with Crippen molar-refractivity contribution in [2.45, 2.75) is 49.3 Å². The second-order valence-corrected chi connectivity index (χ2v) is 17.8. The molecule has 2 aromatic rings. The maximum absolute atomic E-state index is 15.0. The van der Waals surface area contributed by atoms with Crippen LogP contribution in [0.2, 0.25) is 25.7 Å². The van der Waals surface area contributed by atoms with Gasteiger partial charge in [0, 0.05) is 30.6 Å². The predicted octanol–water partition coefficient (Wildman–Crippen LogP) is 5.24. The number of benzene rings is 1. The van der Waals surface area contributed by atoms with E-state index in [0.29, 0.717) is 28.9 Å². The van der Waals surface area contributed by atoms with E-state index in [2.05, 4.69) is 61.3 Å². The third-order valence-electron chi connectivity index (χ3n) is 6.26. The normalized spacial score (nSPS) is 25.6. The smallest absolute Gasteiger partial charge is 0.385 e. The van der Waals surface area contributed by atoms with E-state index in [0.717, 1.165) is 6.04 Å². The number of nitrogens with one attached hydrogen (secondary N) is 2. The van der Waals surface area contributed by atoms with Crippen molar-refractivity contribution in [3.63, 3.8) is 0 Å². The molecule has 35 heavy (non-hydrogen) atoms. The molecule has 1 saturated carbocycles. The molecule has 4 rings (SSSR count). The lowest BCUT2D eigenvalue weighted by molar-refractivity contribution is 0.120. The molecule has 13 heteroatoms. The number of alkyl carbamates (subject to hydrolysis) is 1. The van der Waals surface area contributed by atoms with E-state index in [9.17, 15) is 9.18 Å². The average molecular weight is 589 g/mol. The van der Waals surface area contributed by atoms with E-state index in [1.165, 1.54) is 23.9 Å². The van der Waals surface area contributed by atoms with Crippen molar-refractivity contribution in [3.8, 4) is 0 Å². The molecule has 0 bridgehead atoms. The molecular formula is C22H28BrF2N5O3SSi. The molecule has 2 N–H and O–H groups in total. The Labute approximate surface area is 216 Å². The fraction of sp³-hybridized carbons (Fsp3) is 0.545. The first kappa shape index (κ1) is 26.2. The largest absolute Gasteiger partial charge is 0.416 e. The van der Waals surface area contributed by atoms with Crippen molar-refractivity contribution in [3.05, 3.63) is 45.4 Å². The van der Waals surface area contributed by atoms with E-state index in [1.54, 1.807) is 13.0 Å². The van der Waals surface area contributed by atoms with E-state index in [1.807, 2.05) is 0 Å². The third-order valence-corrected chi connectivity index (χ3v) is 9.82. The number of amides is 1. The molecule has 2 aliphatic rings. The van der Waals surface area contributed by atoms with Crippen LogP contribution < -0.4 is 5.32 Å². The molecule has 1 aliphatic carbocycles. The Bertz CT molecular complexity index is 1150. The molecule has 1 aliphatic heterocycles. The van der Waals surface area contributed by atoms with Gasteiger partial charge in [-0.3, -0.25) is 5.32 Å². The number of carbonyl (C=O) groups excluding carboxylic acids is 1. The summed E-state index contributed by atoms with van der Waals surface area (Å²) in [6.45, 7) is 8.04. The number of halogens is 3. The van der Waals surface area contributed by atoms with Gasteiger partial charge < -0.3 is 9.47 Å². The van der Waals surface area contributed by atoms with Gasteiger partial charge in [-0.1, -0.05) is 47.3 Å². The van der Waals surface area contributed by atoms with Gasteiger partial charge >= 0.3 is 6.09 Å². The maximum atomic E-state index is 15.0. The highest BCUT2D eigenvalue weighted by molar-refractivity contribution is 9.10. The number of ether oxygens (including phenoxy) is 2. The van der Waals surface area contributed by atoms with Crippen LogP contribution >= 0.6 is 27.7 Å². The summed E-state index contributed by atoms with van der Waals surface area (Å²) in [6, 6.07) is 5.30. The number of rotatable bonds is 8. The Morgan fingerprint density at radius 1 is 1.37 bits per heavy atom. The van der Waals surface area contributed by atoms with Gasteiger partial charge in [0.2, 0.25) is 0 Å². The van der Waals surface area contributed by atoms with E-state index >= 15 is 4.39 Å². The maximum Gasteiger partial charge on any atom is 0.416 e. The molecule has 0 spiro atoms. The number of nitrogens with zero attached hydrogens (tertiary/aromatic N) is 3. The highest BCUT2D eigenvalue weighted by Gasteiger charge is 2.71. The molecule has 1 fully saturated rings. The van der Waals surface area contributed by atoms with Gasteiger partial charge in [-0.25, -0.2) is 18.6 Å². The standard InChI is InChI=1S/C22H28BrF2N5O3SSi/c1-13-18(29-30-28-13)22-10-17(22)21(11-24,15-9-14(23)5-6-16(15)25)27-20(34-22)33-19(31)26-12-32-7-8-35(2,3)4/h5-6,9,17H,7-8,10-12H2,1-4H3,(H,26,31)(H,28,29,30)/t17-,21+,22-/m0/s1. The van der Waals surface area contributed by atoms with Crippen LogP contribution in [0.3, 0.4) is 0 Å². The van der Waals surface area contributed by atoms with E-state index < -0.39 is 42.9 Å². The van der Waals surface area contributed by atoms with E-state index in [4.69, 9.17) is 9.47 Å². The highest BCUT2D eigenvalue weighted by atomic mass is 79.9. The zero-order valence-electron chi connectivity index (χ0n) is 20.0. The fourth-order valence-electron chi connectivity index (χ4n) is 4.32. The van der Waals surface area contributed by atoms with Crippen LogP contribution in [0.1, 0.15) is 23.4 Å². The molecule has 0 unspecified atom stereocenters. The van der Waals surface area contributed by atoms with Crippen LogP contribution in [0, 0.1) is 18.7 Å². The monoisotopic (exact) mass is 587 g/mol. The second-order valence-electron chi connectivity index (χ2n) is 10.00. The van der Waals surface area contributed by atoms with Gasteiger partial charge in [-0.2, -0.15) is 15.4 Å². The summed E-state index contributed by atoms with van der Waals surface area (Å²) in [6.07, 6.45) is -0.309. The third kappa shape index (κ3) is 5.32. The van der Waals surface area contributed by atoms with Gasteiger partial charge in [-0.05, 0) is 37.6 Å². The van der Waals surface area contributed by atoms with Crippen LogP contribution in [-0.4, -0.2) is 54.8 Å². The minimum absolute atomic E-state index is 0.0219. The zero-order chi connectivity index (χ0) is 25.4. The van der Waals surface area contributed by atoms with Crippen molar-refractivity contribution in [1.82, 2.24) is 20.7 Å². The molecule has 190 valence electrons. The summed E-state index contributed by atoms with van der Waals surface area (Å²) in [5.41, 5.74) is -0.219. The minimum Gasteiger partial charge on any atom is -0.385 e. The van der Waals surface area contributed by atoms with Gasteiger partial charge in [-0.15, -0.1) is 0 Å². The predicted molar refractivity (Wildman–Crippen MR) is 136 cm³/mol. The summed E-state index contributed by atoms with van der Waals surface area (Å²) in [5, 5.41) is 13.5. The number of hydrogen-bond acceptors (Lipinski definition) is 7. The lowest BCUT2D eigenvalue weighted by Gasteiger charge is -2.35. The topological polar surface area (TPSA) is 101 Å². The lowest BCUT2D eigenvalue weighted by Crippen LogP contribution is -2.39. The molecule has 1 amide bonds. The first-order valence-corrected chi connectivity index (χ1v) is 16.5. The van der Waals surface area contributed by atoms with Crippen molar-refractivity contribution < 1.29 is 23.0 Å². The van der Waals surface area contributed by atoms with Crippen LogP contribution in [-0.2, 0) is 19.8 Å². The number of hydrogen-bond donors (Lipinski definition) is 2.